The van der Waals surface area contributed by atoms with E-state index in [4.69, 9.17) is 5.73 Å². The summed E-state index contributed by atoms with van der Waals surface area (Å²) in [5.74, 6) is -2.26. The third kappa shape index (κ3) is 2.70. The zero-order valence-electron chi connectivity index (χ0n) is 9.00. The predicted molar refractivity (Wildman–Crippen MR) is 56.8 cm³/mol. The van der Waals surface area contributed by atoms with Crippen LogP contribution in [0, 0.1) is 5.82 Å². The predicted octanol–water partition coefficient (Wildman–Crippen LogP) is 1.21. The van der Waals surface area contributed by atoms with E-state index in [1.807, 2.05) is 0 Å². The van der Waals surface area contributed by atoms with Crippen LogP contribution in [-0.2, 0) is 11.2 Å². The molecule has 0 bridgehead atoms. The second kappa shape index (κ2) is 5.46. The van der Waals surface area contributed by atoms with Gasteiger partial charge in [0.2, 0.25) is 0 Å². The van der Waals surface area contributed by atoms with Gasteiger partial charge in [-0.25, -0.2) is 9.18 Å². The lowest BCUT2D eigenvalue weighted by atomic mass is 10.0. The molecule has 0 fully saturated rings. The molecule has 0 aliphatic carbocycles. The first-order valence-electron chi connectivity index (χ1n) is 4.90. The van der Waals surface area contributed by atoms with Gasteiger partial charge in [-0.3, -0.25) is 0 Å². The number of esters is 1. The van der Waals surface area contributed by atoms with Crippen molar-refractivity contribution in [3.63, 3.8) is 0 Å². The monoisotopic (exact) mass is 227 g/mol. The molecule has 16 heavy (non-hydrogen) atoms. The van der Waals surface area contributed by atoms with E-state index in [2.05, 4.69) is 4.74 Å². The third-order valence-corrected chi connectivity index (χ3v) is 2.20. The molecule has 0 atom stereocenters. The van der Waals surface area contributed by atoms with Gasteiger partial charge in [0.05, 0.1) is 7.11 Å². The number of phenols is 1. The lowest BCUT2D eigenvalue weighted by Gasteiger charge is -2.07. The van der Waals surface area contributed by atoms with Crippen LogP contribution in [0.5, 0.6) is 5.75 Å². The fraction of sp³-hybridized carbons (Fsp3) is 0.364. The fourth-order valence-corrected chi connectivity index (χ4v) is 1.37. The molecule has 0 spiro atoms. The highest BCUT2D eigenvalue weighted by atomic mass is 19.1. The van der Waals surface area contributed by atoms with Gasteiger partial charge in [-0.1, -0.05) is 0 Å². The van der Waals surface area contributed by atoms with Crippen molar-refractivity contribution in [3.05, 3.63) is 29.1 Å². The molecular weight excluding hydrogens is 213 g/mol. The van der Waals surface area contributed by atoms with Gasteiger partial charge in [-0.05, 0) is 37.1 Å². The highest BCUT2D eigenvalue weighted by Crippen LogP contribution is 2.24. The number of aryl methyl sites for hydroxylation is 1. The Kier molecular flexibility index (Phi) is 4.25. The third-order valence-electron chi connectivity index (χ3n) is 2.20. The molecule has 1 rings (SSSR count). The van der Waals surface area contributed by atoms with Gasteiger partial charge in [0, 0.05) is 0 Å². The summed E-state index contributed by atoms with van der Waals surface area (Å²) in [7, 11) is 1.17. The van der Waals surface area contributed by atoms with Crippen molar-refractivity contribution in [1.82, 2.24) is 0 Å². The van der Waals surface area contributed by atoms with Gasteiger partial charge in [0.25, 0.3) is 0 Å². The summed E-state index contributed by atoms with van der Waals surface area (Å²) in [6.45, 7) is 0.482. The molecule has 3 N–H and O–H groups in total. The fourth-order valence-electron chi connectivity index (χ4n) is 1.37. The summed E-state index contributed by atoms with van der Waals surface area (Å²) in [5.41, 5.74) is 5.79. The first-order chi connectivity index (χ1) is 7.60. The number of benzene rings is 1. The number of phenolic OH excluding ortho intramolecular Hbond substituents is 1. The van der Waals surface area contributed by atoms with E-state index in [1.54, 1.807) is 0 Å². The number of carbonyl (C=O) groups excluding carboxylic acids is 1. The molecule has 0 aliphatic rings. The van der Waals surface area contributed by atoms with E-state index < -0.39 is 17.5 Å². The molecule has 4 nitrogen and oxygen atoms in total. The van der Waals surface area contributed by atoms with Crippen LogP contribution < -0.4 is 5.73 Å². The molecule has 0 amide bonds. The highest BCUT2D eigenvalue weighted by molar-refractivity contribution is 5.92. The van der Waals surface area contributed by atoms with Crippen molar-refractivity contribution in [1.29, 1.82) is 0 Å². The SMILES string of the molecule is COC(=O)c1cc(CCCN)cc(F)c1O. The van der Waals surface area contributed by atoms with Crippen LogP contribution in [0.4, 0.5) is 4.39 Å². The number of aromatic hydroxyl groups is 1. The molecule has 88 valence electrons. The Labute approximate surface area is 92.8 Å². The van der Waals surface area contributed by atoms with Crippen LogP contribution in [0.2, 0.25) is 0 Å². The molecular formula is C11H14FNO3. The molecule has 0 aromatic heterocycles. The maximum atomic E-state index is 13.3. The Hall–Kier alpha value is -1.62. The number of carbonyl (C=O) groups is 1. The van der Waals surface area contributed by atoms with Gasteiger partial charge in [-0.2, -0.15) is 0 Å². The Balaban J connectivity index is 3.06. The van der Waals surface area contributed by atoms with Crippen LogP contribution in [0.25, 0.3) is 0 Å². The number of hydrogen-bond acceptors (Lipinski definition) is 4. The summed E-state index contributed by atoms with van der Waals surface area (Å²) in [5, 5.41) is 9.35. The van der Waals surface area contributed by atoms with E-state index in [-0.39, 0.29) is 5.56 Å². The molecule has 0 saturated carbocycles. The first-order valence-corrected chi connectivity index (χ1v) is 4.90. The molecule has 0 aliphatic heterocycles. The average Bonchev–Trinajstić information content (AvgIpc) is 2.29. The zero-order chi connectivity index (χ0) is 12.1. The largest absolute Gasteiger partial charge is 0.504 e. The summed E-state index contributed by atoms with van der Waals surface area (Å²) < 4.78 is 17.7. The summed E-state index contributed by atoms with van der Waals surface area (Å²) in [6.07, 6.45) is 1.24. The molecule has 1 aromatic rings. The first kappa shape index (κ1) is 12.4. The Morgan fingerprint density at radius 3 is 2.81 bits per heavy atom. The summed E-state index contributed by atoms with van der Waals surface area (Å²) >= 11 is 0. The minimum absolute atomic E-state index is 0.158. The van der Waals surface area contributed by atoms with Crippen LogP contribution in [-0.4, -0.2) is 24.7 Å². The van der Waals surface area contributed by atoms with Crippen LogP contribution in [0.1, 0.15) is 22.3 Å². The smallest absolute Gasteiger partial charge is 0.341 e. The molecule has 5 heteroatoms. The van der Waals surface area contributed by atoms with Gasteiger partial charge < -0.3 is 15.6 Å². The van der Waals surface area contributed by atoms with Crippen LogP contribution in [0.3, 0.4) is 0 Å². The zero-order valence-corrected chi connectivity index (χ0v) is 9.00. The number of methoxy groups -OCH3 is 1. The number of rotatable bonds is 4. The van der Waals surface area contributed by atoms with E-state index in [9.17, 15) is 14.3 Å². The Morgan fingerprint density at radius 2 is 2.25 bits per heavy atom. The second-order valence-corrected chi connectivity index (χ2v) is 3.36. The van der Waals surface area contributed by atoms with E-state index in [1.165, 1.54) is 19.2 Å². The maximum Gasteiger partial charge on any atom is 0.341 e. The molecule has 0 unspecified atom stereocenters. The number of halogens is 1. The van der Waals surface area contributed by atoms with Gasteiger partial charge in [0.15, 0.2) is 11.6 Å². The minimum atomic E-state index is -0.824. The van der Waals surface area contributed by atoms with Crippen molar-refractivity contribution in [3.8, 4) is 5.75 Å². The Morgan fingerprint density at radius 1 is 1.56 bits per heavy atom. The Bertz CT molecular complexity index is 393. The van der Waals surface area contributed by atoms with Gasteiger partial charge in [-0.15, -0.1) is 0 Å². The summed E-state index contributed by atoms with van der Waals surface area (Å²) in [6, 6.07) is 2.61. The molecule has 0 heterocycles. The number of ether oxygens (including phenoxy) is 1. The second-order valence-electron chi connectivity index (χ2n) is 3.36. The lowest BCUT2D eigenvalue weighted by molar-refractivity contribution is 0.0596. The highest BCUT2D eigenvalue weighted by Gasteiger charge is 2.16. The van der Waals surface area contributed by atoms with E-state index in [0.29, 0.717) is 24.9 Å². The van der Waals surface area contributed by atoms with Gasteiger partial charge >= 0.3 is 5.97 Å². The topological polar surface area (TPSA) is 72.5 Å². The van der Waals surface area contributed by atoms with Crippen molar-refractivity contribution in [2.24, 2.45) is 5.73 Å². The van der Waals surface area contributed by atoms with Crippen molar-refractivity contribution >= 4 is 5.97 Å². The normalized spacial score (nSPS) is 10.2. The standard InChI is InChI=1S/C11H14FNO3/c1-16-11(15)8-5-7(3-2-4-13)6-9(12)10(8)14/h5-6,14H,2-4,13H2,1H3. The molecule has 0 radical (unpaired) electrons. The van der Waals surface area contributed by atoms with Crippen molar-refractivity contribution < 1.29 is 19.0 Å². The van der Waals surface area contributed by atoms with Crippen molar-refractivity contribution in [2.45, 2.75) is 12.8 Å². The number of hydrogen-bond donors (Lipinski definition) is 2. The molecule has 0 saturated heterocycles. The van der Waals surface area contributed by atoms with Gasteiger partial charge in [0.1, 0.15) is 5.56 Å². The van der Waals surface area contributed by atoms with E-state index >= 15 is 0 Å². The quantitative estimate of drug-likeness (QED) is 0.758. The lowest BCUT2D eigenvalue weighted by Crippen LogP contribution is -2.05. The summed E-state index contributed by atoms with van der Waals surface area (Å²) in [4.78, 5) is 11.2. The average molecular weight is 227 g/mol. The molecule has 1 aromatic carbocycles. The number of nitrogens with two attached hydrogens (primary N) is 1. The van der Waals surface area contributed by atoms with Crippen LogP contribution >= 0.6 is 0 Å². The van der Waals surface area contributed by atoms with Crippen LogP contribution in [0.15, 0.2) is 12.1 Å². The van der Waals surface area contributed by atoms with Crippen molar-refractivity contribution in [2.75, 3.05) is 13.7 Å². The minimum Gasteiger partial charge on any atom is -0.504 e. The van der Waals surface area contributed by atoms with E-state index in [0.717, 1.165) is 0 Å². The maximum absolute atomic E-state index is 13.3.